The molecule has 0 aliphatic rings. The average Bonchev–Trinajstić information content (AvgIpc) is 1.65. The standard InChI is InChI=1S/C5H8NOS/c1-4(3-8)6-5(2)7/h3-4H,1H2,2H3,(H,6,7). The summed E-state index contributed by atoms with van der Waals surface area (Å²) < 4.78 is 0. The zero-order valence-corrected chi connectivity index (χ0v) is 5.49. The van der Waals surface area contributed by atoms with Gasteiger partial charge in [-0.1, -0.05) is 12.2 Å². The number of amides is 1. The number of nitrogens with one attached hydrogen (secondary N) is 1. The summed E-state index contributed by atoms with van der Waals surface area (Å²) in [6.45, 7) is 4.93. The van der Waals surface area contributed by atoms with Crippen molar-refractivity contribution < 1.29 is 4.79 Å². The molecule has 1 atom stereocenters. The van der Waals surface area contributed by atoms with Crippen LogP contribution in [0.25, 0.3) is 0 Å². The zero-order valence-electron chi connectivity index (χ0n) is 4.68. The molecule has 0 bridgehead atoms. The van der Waals surface area contributed by atoms with E-state index in [-0.39, 0.29) is 11.9 Å². The van der Waals surface area contributed by atoms with Gasteiger partial charge in [-0.15, -0.1) is 0 Å². The normalized spacial score (nSPS) is 12.2. The van der Waals surface area contributed by atoms with Crippen LogP contribution in [0, 0.1) is 6.92 Å². The minimum atomic E-state index is -0.234. The van der Waals surface area contributed by atoms with Gasteiger partial charge in [-0.05, 0) is 6.92 Å². The molecule has 45 valence electrons. The number of hydrogen-bond donors (Lipinski definition) is 1. The maximum atomic E-state index is 10.2. The third-order valence-corrected chi connectivity index (χ3v) is 0.881. The van der Waals surface area contributed by atoms with E-state index in [0.29, 0.717) is 0 Å². The van der Waals surface area contributed by atoms with E-state index in [1.165, 1.54) is 12.3 Å². The molecular formula is C5H8NOS. The first-order valence-corrected chi connectivity index (χ1v) is 2.69. The molecule has 0 aromatic rings. The smallest absolute Gasteiger partial charge is 0.217 e. The minimum Gasteiger partial charge on any atom is -0.349 e. The lowest BCUT2D eigenvalue weighted by atomic mass is 10.4. The summed E-state index contributed by atoms with van der Waals surface area (Å²) in [5, 5.41) is 3.89. The molecule has 1 radical (unpaired) electrons. The summed E-state index contributed by atoms with van der Waals surface area (Å²) in [5.74, 6) is -0.105. The second-order valence-corrected chi connectivity index (χ2v) is 1.72. The summed E-state index contributed by atoms with van der Waals surface area (Å²) in [5.41, 5.74) is 0. The monoisotopic (exact) mass is 130 g/mol. The van der Waals surface area contributed by atoms with Gasteiger partial charge in [0.25, 0.3) is 0 Å². The highest BCUT2D eigenvalue weighted by atomic mass is 32.1. The van der Waals surface area contributed by atoms with Crippen LogP contribution < -0.4 is 5.32 Å². The first-order valence-electron chi connectivity index (χ1n) is 2.22. The van der Waals surface area contributed by atoms with Crippen LogP contribution in [-0.4, -0.2) is 17.3 Å². The van der Waals surface area contributed by atoms with Crippen LogP contribution in [0.4, 0.5) is 0 Å². The lowest BCUT2D eigenvalue weighted by molar-refractivity contribution is -0.119. The highest BCUT2D eigenvalue weighted by Crippen LogP contribution is 1.72. The molecule has 0 aliphatic carbocycles. The number of rotatable bonds is 2. The highest BCUT2D eigenvalue weighted by Gasteiger charge is 1.95. The molecule has 0 spiro atoms. The first-order chi connectivity index (χ1) is 3.66. The van der Waals surface area contributed by atoms with Gasteiger partial charge in [0.2, 0.25) is 5.91 Å². The molecule has 0 rings (SSSR count). The molecule has 0 heterocycles. The Balaban J connectivity index is 3.38. The van der Waals surface area contributed by atoms with Crippen LogP contribution in [0.1, 0.15) is 6.92 Å². The van der Waals surface area contributed by atoms with Crippen molar-refractivity contribution in [3.63, 3.8) is 0 Å². The Hall–Kier alpha value is -0.440. The van der Waals surface area contributed by atoms with Crippen molar-refractivity contribution >= 4 is 23.5 Å². The SMILES string of the molecule is [CH2]C(C=S)NC(C)=O. The molecule has 0 aliphatic heterocycles. The Morgan fingerprint density at radius 2 is 2.50 bits per heavy atom. The molecule has 3 heteroatoms. The molecule has 2 nitrogen and oxygen atoms in total. The predicted octanol–water partition coefficient (Wildman–Crippen LogP) is 0.325. The van der Waals surface area contributed by atoms with E-state index >= 15 is 0 Å². The molecule has 8 heavy (non-hydrogen) atoms. The Kier molecular flexibility index (Phi) is 3.35. The third-order valence-electron chi connectivity index (χ3n) is 0.553. The maximum absolute atomic E-state index is 10.2. The molecular weight excluding hydrogens is 122 g/mol. The summed E-state index contributed by atoms with van der Waals surface area (Å²) in [4.78, 5) is 10.2. The molecule has 1 amide bonds. The number of hydrogen-bond acceptors (Lipinski definition) is 2. The van der Waals surface area contributed by atoms with Crippen LogP contribution in [0.2, 0.25) is 0 Å². The van der Waals surface area contributed by atoms with E-state index in [1.54, 1.807) is 0 Å². The van der Waals surface area contributed by atoms with Crippen molar-refractivity contribution in [2.75, 3.05) is 0 Å². The van der Waals surface area contributed by atoms with Crippen LogP contribution in [0.5, 0.6) is 0 Å². The van der Waals surface area contributed by atoms with Crippen molar-refractivity contribution in [3.8, 4) is 0 Å². The number of thiocarbonyl (C=S) groups is 1. The lowest BCUT2D eigenvalue weighted by Gasteiger charge is -2.02. The molecule has 0 fully saturated rings. The van der Waals surface area contributed by atoms with Gasteiger partial charge in [-0.3, -0.25) is 4.79 Å². The van der Waals surface area contributed by atoms with Crippen LogP contribution in [0.15, 0.2) is 0 Å². The lowest BCUT2D eigenvalue weighted by Crippen LogP contribution is -2.30. The van der Waals surface area contributed by atoms with E-state index in [0.717, 1.165) is 0 Å². The minimum absolute atomic E-state index is 0.105. The Bertz CT molecular complexity index is 103. The van der Waals surface area contributed by atoms with Crippen molar-refractivity contribution in [1.29, 1.82) is 0 Å². The van der Waals surface area contributed by atoms with Crippen molar-refractivity contribution in [1.82, 2.24) is 5.32 Å². The van der Waals surface area contributed by atoms with Crippen LogP contribution in [-0.2, 0) is 4.79 Å². The summed E-state index contributed by atoms with van der Waals surface area (Å²) in [6.07, 6.45) is 0. The van der Waals surface area contributed by atoms with Crippen molar-refractivity contribution in [2.45, 2.75) is 13.0 Å². The van der Waals surface area contributed by atoms with Gasteiger partial charge in [0, 0.05) is 12.3 Å². The van der Waals surface area contributed by atoms with Gasteiger partial charge in [-0.2, -0.15) is 0 Å². The Morgan fingerprint density at radius 3 is 2.62 bits per heavy atom. The van der Waals surface area contributed by atoms with Gasteiger partial charge in [0.1, 0.15) is 0 Å². The summed E-state index contributed by atoms with van der Waals surface area (Å²) >= 11 is 4.49. The van der Waals surface area contributed by atoms with Gasteiger partial charge in [-0.25, -0.2) is 0 Å². The van der Waals surface area contributed by atoms with E-state index in [4.69, 9.17) is 0 Å². The topological polar surface area (TPSA) is 29.1 Å². The second kappa shape index (κ2) is 3.55. The fourth-order valence-electron chi connectivity index (χ4n) is 0.295. The van der Waals surface area contributed by atoms with Crippen molar-refractivity contribution in [2.24, 2.45) is 0 Å². The third kappa shape index (κ3) is 3.74. The highest BCUT2D eigenvalue weighted by molar-refractivity contribution is 7.79. The number of carbonyl (C=O) groups is 1. The zero-order chi connectivity index (χ0) is 6.57. The maximum Gasteiger partial charge on any atom is 0.217 e. The Morgan fingerprint density at radius 1 is 2.00 bits per heavy atom. The van der Waals surface area contributed by atoms with E-state index < -0.39 is 0 Å². The van der Waals surface area contributed by atoms with E-state index in [1.807, 2.05) is 0 Å². The quantitative estimate of drug-likeness (QED) is 0.546. The molecule has 0 saturated carbocycles. The summed E-state index contributed by atoms with van der Waals surface area (Å²) in [7, 11) is 0. The fourth-order valence-corrected chi connectivity index (χ4v) is 0.363. The predicted molar refractivity (Wildman–Crippen MR) is 36.6 cm³/mol. The summed E-state index contributed by atoms with van der Waals surface area (Å²) in [6, 6.07) is -0.234. The van der Waals surface area contributed by atoms with Crippen LogP contribution >= 0.6 is 12.2 Å². The van der Waals surface area contributed by atoms with E-state index in [9.17, 15) is 4.79 Å². The molecule has 0 saturated heterocycles. The molecule has 1 unspecified atom stereocenters. The van der Waals surface area contributed by atoms with Gasteiger partial charge >= 0.3 is 0 Å². The largest absolute Gasteiger partial charge is 0.349 e. The molecule has 1 N–H and O–H groups in total. The fraction of sp³-hybridized carbons (Fsp3) is 0.400. The first kappa shape index (κ1) is 7.56. The second-order valence-electron chi connectivity index (χ2n) is 1.44. The van der Waals surface area contributed by atoms with Gasteiger partial charge < -0.3 is 5.32 Å². The molecule has 0 aromatic heterocycles. The van der Waals surface area contributed by atoms with Crippen molar-refractivity contribution in [3.05, 3.63) is 6.92 Å². The average molecular weight is 130 g/mol. The van der Waals surface area contributed by atoms with Gasteiger partial charge in [0.05, 0.1) is 6.04 Å². The molecule has 0 aromatic carbocycles. The number of carbonyl (C=O) groups excluding carboxylic acids is 1. The Labute approximate surface area is 54.3 Å². The van der Waals surface area contributed by atoms with E-state index in [2.05, 4.69) is 24.5 Å². The van der Waals surface area contributed by atoms with Gasteiger partial charge in [0.15, 0.2) is 0 Å². The van der Waals surface area contributed by atoms with Crippen LogP contribution in [0.3, 0.4) is 0 Å².